The normalized spacial score (nSPS) is 14.8. The largest absolute Gasteiger partial charge is 0.481 e. The number of aliphatic hydroxyl groups excluding tert-OH is 1. The molecule has 0 rings (SSSR count). The van der Waals surface area contributed by atoms with Crippen molar-refractivity contribution >= 4 is 77.0 Å². The molecule has 28 heteroatoms. The summed E-state index contributed by atoms with van der Waals surface area (Å²) in [7, 11) is 0. The maximum Gasteiger partial charge on any atom is 0.326 e. The van der Waals surface area contributed by atoms with Crippen LogP contribution in [-0.4, -0.2) is 171 Å². The average molecular weight is 938 g/mol. The summed E-state index contributed by atoms with van der Waals surface area (Å²) in [6, 6.07) is -12.4. The fourth-order valence-corrected chi connectivity index (χ4v) is 5.90. The van der Waals surface area contributed by atoms with Crippen molar-refractivity contribution < 1.29 is 78.3 Å². The molecule has 0 unspecified atom stereocenters. The Morgan fingerprint density at radius 2 is 0.922 bits per heavy atom. The first-order valence-electron chi connectivity index (χ1n) is 20.0. The van der Waals surface area contributed by atoms with Gasteiger partial charge >= 0.3 is 23.9 Å². The summed E-state index contributed by atoms with van der Waals surface area (Å²) in [5.41, 5.74) is 16.6. The molecular formula is C36H63N11O16S. The molecule has 0 aliphatic heterocycles. The third-order valence-corrected chi connectivity index (χ3v) is 9.60. The molecule has 27 nitrogen and oxygen atoms in total. The van der Waals surface area contributed by atoms with Gasteiger partial charge in [0, 0.05) is 12.8 Å². The molecule has 0 aromatic carbocycles. The topological polar surface area (TPSA) is 463 Å². The average Bonchev–Trinajstić information content (AvgIpc) is 3.19. The quantitative estimate of drug-likeness (QED) is 0.0215. The zero-order chi connectivity index (χ0) is 49.3. The van der Waals surface area contributed by atoms with E-state index in [4.69, 9.17) is 22.3 Å². The number of amides is 7. The second-order valence-electron chi connectivity index (χ2n) is 14.8. The molecule has 0 saturated carbocycles. The first kappa shape index (κ1) is 58.3. The van der Waals surface area contributed by atoms with E-state index >= 15 is 0 Å². The van der Waals surface area contributed by atoms with Gasteiger partial charge in [-0.05, 0) is 63.5 Å². The van der Waals surface area contributed by atoms with E-state index in [2.05, 4.69) is 37.2 Å². The number of hydrogen-bond donors (Lipinski definition) is 16. The van der Waals surface area contributed by atoms with Crippen LogP contribution >= 0.6 is 11.8 Å². The first-order chi connectivity index (χ1) is 29.8. The van der Waals surface area contributed by atoms with Crippen LogP contribution in [0.3, 0.4) is 0 Å². The molecule has 0 bridgehead atoms. The molecule has 0 aromatic rings. The second-order valence-corrected chi connectivity index (χ2v) is 15.8. The summed E-state index contributed by atoms with van der Waals surface area (Å²) in [6.45, 7) is 3.49. The Morgan fingerprint density at radius 1 is 0.516 bits per heavy atom. The molecule has 0 fully saturated rings. The lowest BCUT2D eigenvalue weighted by atomic mass is 10.0. The number of thioether (sulfide) groups is 1. The highest BCUT2D eigenvalue weighted by Crippen LogP contribution is 2.10. The SMILES string of the molecule is CSCC[C@H](NC(=O)[C@H](CCCNC(N)N)NC(=O)[C@H](CO)NC(=O)[C@H](C)N)C(=O)N[C@@H](CCC(=O)O)C(=O)N[C@@H](CCC(=O)O)C(=O)N[C@H](C(=O)N[C@@H](CC(=O)O)C(=O)O)C(C)C. The number of nitrogens with two attached hydrogens (primary N) is 3. The van der Waals surface area contributed by atoms with Crippen LogP contribution in [0.25, 0.3) is 0 Å². The van der Waals surface area contributed by atoms with Crippen molar-refractivity contribution in [3.63, 3.8) is 0 Å². The Morgan fingerprint density at radius 3 is 1.30 bits per heavy atom. The lowest BCUT2D eigenvalue weighted by Gasteiger charge is -2.28. The monoisotopic (exact) mass is 937 g/mol. The number of aliphatic carboxylic acids is 4. The first-order valence-corrected chi connectivity index (χ1v) is 21.3. The summed E-state index contributed by atoms with van der Waals surface area (Å²) >= 11 is 1.26. The Balaban J connectivity index is 6.61. The molecule has 64 heavy (non-hydrogen) atoms. The Hall–Kier alpha value is -5.68. The van der Waals surface area contributed by atoms with E-state index in [-0.39, 0.29) is 31.6 Å². The number of aliphatic hydroxyl groups is 1. The summed E-state index contributed by atoms with van der Waals surface area (Å²) < 4.78 is 0. The van der Waals surface area contributed by atoms with Crippen LogP contribution in [0.5, 0.6) is 0 Å². The van der Waals surface area contributed by atoms with Gasteiger partial charge in [0.25, 0.3) is 0 Å². The summed E-state index contributed by atoms with van der Waals surface area (Å²) in [5, 5.41) is 65.8. The molecule has 7 amide bonds. The lowest BCUT2D eigenvalue weighted by Crippen LogP contribution is -2.60. The zero-order valence-electron chi connectivity index (χ0n) is 35.9. The number of carboxylic acids is 4. The van der Waals surface area contributed by atoms with Crippen LogP contribution in [0.15, 0.2) is 0 Å². The number of carbonyl (C=O) groups excluding carboxylic acids is 7. The zero-order valence-corrected chi connectivity index (χ0v) is 36.7. The molecule has 19 N–H and O–H groups in total. The molecule has 364 valence electrons. The van der Waals surface area contributed by atoms with E-state index in [0.29, 0.717) is 0 Å². The van der Waals surface area contributed by atoms with Crippen molar-refractivity contribution in [1.82, 2.24) is 42.5 Å². The minimum absolute atomic E-state index is 0.0858. The number of rotatable bonds is 33. The van der Waals surface area contributed by atoms with Gasteiger partial charge in [-0.2, -0.15) is 11.8 Å². The van der Waals surface area contributed by atoms with Gasteiger partial charge in [0.1, 0.15) is 48.6 Å². The van der Waals surface area contributed by atoms with Gasteiger partial charge in [0.05, 0.1) is 19.1 Å². The smallest absolute Gasteiger partial charge is 0.326 e. The number of carboxylic acid groups (broad SMARTS) is 4. The van der Waals surface area contributed by atoms with E-state index in [0.717, 1.165) is 0 Å². The van der Waals surface area contributed by atoms with Crippen LogP contribution in [0.1, 0.15) is 72.1 Å². The highest BCUT2D eigenvalue weighted by molar-refractivity contribution is 7.98. The maximum atomic E-state index is 13.8. The summed E-state index contributed by atoms with van der Waals surface area (Å²) in [4.78, 5) is 139. The van der Waals surface area contributed by atoms with E-state index in [1.165, 1.54) is 32.5 Å². The predicted octanol–water partition coefficient (Wildman–Crippen LogP) is -6.01. The van der Waals surface area contributed by atoms with Gasteiger partial charge in [-0.15, -0.1) is 0 Å². The van der Waals surface area contributed by atoms with E-state index < -0.39 is 164 Å². The van der Waals surface area contributed by atoms with Crippen molar-refractivity contribution in [2.75, 3.05) is 25.2 Å². The molecule has 0 aliphatic rings. The van der Waals surface area contributed by atoms with Crippen molar-refractivity contribution in [3.05, 3.63) is 0 Å². The number of hydrogen-bond acceptors (Lipinski definition) is 17. The van der Waals surface area contributed by atoms with Crippen LogP contribution in [0.2, 0.25) is 0 Å². The van der Waals surface area contributed by atoms with Crippen LogP contribution in [0.4, 0.5) is 0 Å². The number of nitrogens with one attached hydrogen (secondary N) is 8. The van der Waals surface area contributed by atoms with Gasteiger partial charge < -0.3 is 80.0 Å². The Bertz CT molecular complexity index is 1640. The van der Waals surface area contributed by atoms with Crippen molar-refractivity contribution in [2.24, 2.45) is 23.1 Å². The van der Waals surface area contributed by atoms with Crippen LogP contribution in [-0.2, 0) is 52.7 Å². The molecule has 0 aromatic heterocycles. The summed E-state index contributed by atoms with van der Waals surface area (Å²) in [5.74, 6) is -13.8. The molecule has 0 spiro atoms. The van der Waals surface area contributed by atoms with Gasteiger partial charge in [-0.25, -0.2) is 4.79 Å². The van der Waals surface area contributed by atoms with Crippen molar-refractivity contribution in [1.29, 1.82) is 0 Å². The molecule has 0 saturated heterocycles. The lowest BCUT2D eigenvalue weighted by molar-refractivity contribution is -0.147. The Labute approximate surface area is 372 Å². The summed E-state index contributed by atoms with van der Waals surface area (Å²) in [6.07, 6.45) is -2.90. The fourth-order valence-electron chi connectivity index (χ4n) is 5.43. The molecule has 0 radical (unpaired) electrons. The highest BCUT2D eigenvalue weighted by Gasteiger charge is 2.35. The third kappa shape index (κ3) is 23.7. The molecular weight excluding hydrogens is 875 g/mol. The predicted molar refractivity (Wildman–Crippen MR) is 225 cm³/mol. The standard InChI is InChI=1S/C36H63N11O16S/c1-16(2)27(34(61)45-22(35(62)63)14-26(53)54)47-32(59)20(8-10-25(51)52)43-30(57)19(7-9-24(49)50)42-31(58)21(11-13-64-4)44-29(56)18(6-5-12-40-36(38)39)41-33(60)23(15-48)46-28(55)17(3)37/h16-23,27,36,40,48H,5-15,37-39H2,1-4H3,(H,41,60)(H,42,58)(H,43,57)(H,44,56)(H,45,61)(H,46,55)(H,47,59)(H,49,50)(H,51,52)(H,53,54)(H,62,63)/t17-,18-,19-,20-,21-,22-,23-,27-/m0/s1. The maximum absolute atomic E-state index is 13.8. The van der Waals surface area contributed by atoms with Gasteiger partial charge in [0.2, 0.25) is 41.4 Å². The molecule has 8 atom stereocenters. The second kappa shape index (κ2) is 30.4. The fraction of sp³-hybridized carbons (Fsp3) is 0.694. The van der Waals surface area contributed by atoms with Crippen LogP contribution < -0.4 is 59.7 Å². The minimum atomic E-state index is -1.89. The number of carbonyl (C=O) groups is 11. The van der Waals surface area contributed by atoms with Crippen molar-refractivity contribution in [3.8, 4) is 0 Å². The van der Waals surface area contributed by atoms with E-state index in [1.807, 2.05) is 5.32 Å². The van der Waals surface area contributed by atoms with Gasteiger partial charge in [-0.1, -0.05) is 13.8 Å². The van der Waals surface area contributed by atoms with E-state index in [1.54, 1.807) is 6.26 Å². The Kier molecular flexibility index (Phi) is 27.7. The molecule has 0 aliphatic carbocycles. The van der Waals surface area contributed by atoms with Crippen molar-refractivity contribution in [2.45, 2.75) is 127 Å². The highest BCUT2D eigenvalue weighted by atomic mass is 32.2. The van der Waals surface area contributed by atoms with Gasteiger partial charge in [0.15, 0.2) is 0 Å². The van der Waals surface area contributed by atoms with Crippen LogP contribution in [0, 0.1) is 5.92 Å². The minimum Gasteiger partial charge on any atom is -0.481 e. The van der Waals surface area contributed by atoms with Gasteiger partial charge in [-0.3, -0.25) is 53.3 Å². The molecule has 0 heterocycles. The third-order valence-electron chi connectivity index (χ3n) is 8.96. The van der Waals surface area contributed by atoms with E-state index in [9.17, 15) is 73.2 Å².